The van der Waals surface area contributed by atoms with Gasteiger partial charge in [0.05, 0.1) is 0 Å². The number of hydrogen-bond acceptors (Lipinski definition) is 2. The van der Waals surface area contributed by atoms with E-state index in [4.69, 9.17) is 5.11 Å². The monoisotopic (exact) mass is 253 g/mol. The summed E-state index contributed by atoms with van der Waals surface area (Å²) in [6.07, 6.45) is -2.86. The first-order chi connectivity index (χ1) is 7.76. The van der Waals surface area contributed by atoms with Gasteiger partial charge in [0.1, 0.15) is 5.54 Å². The van der Waals surface area contributed by atoms with Crippen molar-refractivity contribution in [2.75, 3.05) is 13.1 Å². The van der Waals surface area contributed by atoms with Gasteiger partial charge in [-0.2, -0.15) is 13.2 Å². The molecular formula is C11H18F3NO2. The molecule has 1 saturated heterocycles. The summed E-state index contributed by atoms with van der Waals surface area (Å²) in [6, 6.07) is 0. The minimum absolute atomic E-state index is 0.0353. The normalized spacial score (nSPS) is 27.1. The zero-order chi connectivity index (χ0) is 13.1. The minimum Gasteiger partial charge on any atom is -0.480 e. The first-order valence-corrected chi connectivity index (χ1v) is 5.81. The molecule has 1 unspecified atom stereocenters. The average molecular weight is 253 g/mol. The first kappa shape index (κ1) is 14.3. The topological polar surface area (TPSA) is 40.5 Å². The summed E-state index contributed by atoms with van der Waals surface area (Å²) < 4.78 is 36.1. The fraction of sp³-hybridized carbons (Fsp3) is 0.909. The molecule has 1 atom stereocenters. The van der Waals surface area contributed by atoms with E-state index in [9.17, 15) is 18.0 Å². The standard InChI is InChI=1S/C11H18F3NO2/c1-10(9(16)17)5-2-3-7-15(10)8-4-6-11(12,13)14/h2-8H2,1H3,(H,16,17). The molecule has 0 aromatic carbocycles. The van der Waals surface area contributed by atoms with Crippen LogP contribution < -0.4 is 0 Å². The number of alkyl halides is 3. The maximum Gasteiger partial charge on any atom is 0.389 e. The lowest BCUT2D eigenvalue weighted by atomic mass is 9.88. The summed E-state index contributed by atoms with van der Waals surface area (Å²) in [5, 5.41) is 9.16. The Morgan fingerprint density at radius 1 is 1.41 bits per heavy atom. The molecule has 0 aromatic rings. The third-order valence-electron chi connectivity index (χ3n) is 3.39. The molecule has 0 radical (unpaired) electrons. The van der Waals surface area contributed by atoms with E-state index < -0.39 is 24.1 Å². The largest absolute Gasteiger partial charge is 0.480 e. The molecule has 0 spiro atoms. The zero-order valence-electron chi connectivity index (χ0n) is 9.89. The van der Waals surface area contributed by atoms with Gasteiger partial charge in [0, 0.05) is 6.42 Å². The lowest BCUT2D eigenvalue weighted by molar-refractivity contribution is -0.154. The molecule has 1 aliphatic heterocycles. The number of carbonyl (C=O) groups is 1. The lowest BCUT2D eigenvalue weighted by Crippen LogP contribution is -2.55. The average Bonchev–Trinajstić information content (AvgIpc) is 2.19. The highest BCUT2D eigenvalue weighted by Crippen LogP contribution is 2.29. The molecule has 3 nitrogen and oxygen atoms in total. The predicted molar refractivity (Wildman–Crippen MR) is 56.8 cm³/mol. The summed E-state index contributed by atoms with van der Waals surface area (Å²) in [6.45, 7) is 2.37. The predicted octanol–water partition coefficient (Wildman–Crippen LogP) is 2.66. The maximum atomic E-state index is 12.0. The van der Waals surface area contributed by atoms with Gasteiger partial charge in [0.25, 0.3) is 0 Å². The number of likely N-dealkylation sites (tertiary alicyclic amines) is 1. The zero-order valence-corrected chi connectivity index (χ0v) is 9.89. The Balaban J connectivity index is 2.52. The number of carboxylic acids is 1. The quantitative estimate of drug-likeness (QED) is 0.837. The molecule has 6 heteroatoms. The maximum absolute atomic E-state index is 12.0. The second kappa shape index (κ2) is 5.25. The van der Waals surface area contributed by atoms with Crippen LogP contribution >= 0.6 is 0 Å². The van der Waals surface area contributed by atoms with Crippen LogP contribution in [0.25, 0.3) is 0 Å². The van der Waals surface area contributed by atoms with Crippen molar-refractivity contribution in [3.8, 4) is 0 Å². The number of carboxylic acid groups (broad SMARTS) is 1. The van der Waals surface area contributed by atoms with E-state index in [1.165, 1.54) is 0 Å². The molecular weight excluding hydrogens is 235 g/mol. The van der Waals surface area contributed by atoms with Gasteiger partial charge in [-0.1, -0.05) is 0 Å². The van der Waals surface area contributed by atoms with E-state index in [1.54, 1.807) is 11.8 Å². The van der Waals surface area contributed by atoms with Crippen molar-refractivity contribution in [3.63, 3.8) is 0 Å². The van der Waals surface area contributed by atoms with E-state index in [2.05, 4.69) is 0 Å². The molecule has 100 valence electrons. The van der Waals surface area contributed by atoms with E-state index in [0.29, 0.717) is 13.0 Å². The summed E-state index contributed by atoms with van der Waals surface area (Å²) >= 11 is 0. The van der Waals surface area contributed by atoms with Crippen LogP contribution in [0.3, 0.4) is 0 Å². The number of piperidine rings is 1. The summed E-state index contributed by atoms with van der Waals surface area (Å²) in [7, 11) is 0. The van der Waals surface area contributed by atoms with Crippen LogP contribution in [0.1, 0.15) is 39.0 Å². The van der Waals surface area contributed by atoms with E-state index in [0.717, 1.165) is 12.8 Å². The van der Waals surface area contributed by atoms with E-state index in [-0.39, 0.29) is 13.0 Å². The van der Waals surface area contributed by atoms with Crippen molar-refractivity contribution in [1.82, 2.24) is 4.90 Å². The number of nitrogens with zero attached hydrogens (tertiary/aromatic N) is 1. The van der Waals surface area contributed by atoms with Crippen LogP contribution in [-0.2, 0) is 4.79 Å². The second-order valence-corrected chi connectivity index (χ2v) is 4.74. The van der Waals surface area contributed by atoms with E-state index in [1.807, 2.05) is 0 Å². The van der Waals surface area contributed by atoms with E-state index >= 15 is 0 Å². The van der Waals surface area contributed by atoms with Crippen molar-refractivity contribution >= 4 is 5.97 Å². The number of halogens is 3. The van der Waals surface area contributed by atoms with Crippen LogP contribution in [0.15, 0.2) is 0 Å². The van der Waals surface area contributed by atoms with Gasteiger partial charge < -0.3 is 5.11 Å². The molecule has 1 heterocycles. The lowest BCUT2D eigenvalue weighted by Gasteiger charge is -2.41. The molecule has 0 saturated carbocycles. The summed E-state index contributed by atoms with van der Waals surface area (Å²) in [4.78, 5) is 12.9. The highest BCUT2D eigenvalue weighted by atomic mass is 19.4. The molecule has 1 fully saturated rings. The van der Waals surface area contributed by atoms with Gasteiger partial charge in [-0.3, -0.25) is 9.69 Å². The minimum atomic E-state index is -4.16. The Kier molecular flexibility index (Phi) is 4.41. The fourth-order valence-electron chi connectivity index (χ4n) is 2.25. The van der Waals surface area contributed by atoms with Gasteiger partial charge in [0.15, 0.2) is 0 Å². The fourth-order valence-corrected chi connectivity index (χ4v) is 2.25. The van der Waals surface area contributed by atoms with Crippen molar-refractivity contribution in [2.45, 2.75) is 50.7 Å². The van der Waals surface area contributed by atoms with Gasteiger partial charge in [-0.25, -0.2) is 0 Å². The SMILES string of the molecule is CC1(C(=O)O)CCCCN1CCCC(F)(F)F. The Hall–Kier alpha value is -0.780. The van der Waals surface area contributed by atoms with Crippen molar-refractivity contribution in [3.05, 3.63) is 0 Å². The Morgan fingerprint density at radius 2 is 2.06 bits per heavy atom. The molecule has 1 rings (SSSR count). The van der Waals surface area contributed by atoms with Crippen molar-refractivity contribution in [1.29, 1.82) is 0 Å². The molecule has 0 aromatic heterocycles. The summed E-state index contributed by atoms with van der Waals surface area (Å²) in [5.74, 6) is -0.941. The number of rotatable bonds is 4. The third-order valence-corrected chi connectivity index (χ3v) is 3.39. The van der Waals surface area contributed by atoms with Crippen LogP contribution in [0.2, 0.25) is 0 Å². The molecule has 1 aliphatic rings. The third kappa shape index (κ3) is 3.87. The smallest absolute Gasteiger partial charge is 0.389 e. The summed E-state index contributed by atoms with van der Waals surface area (Å²) in [5.41, 5.74) is -0.996. The highest BCUT2D eigenvalue weighted by Gasteiger charge is 2.41. The molecule has 0 bridgehead atoms. The molecule has 0 aliphatic carbocycles. The van der Waals surface area contributed by atoms with Crippen LogP contribution in [0, 0.1) is 0 Å². The first-order valence-electron chi connectivity index (χ1n) is 5.81. The van der Waals surface area contributed by atoms with Gasteiger partial charge in [0.2, 0.25) is 0 Å². The van der Waals surface area contributed by atoms with Gasteiger partial charge >= 0.3 is 12.1 Å². The number of hydrogen-bond donors (Lipinski definition) is 1. The Morgan fingerprint density at radius 3 is 2.59 bits per heavy atom. The van der Waals surface area contributed by atoms with Gasteiger partial charge in [-0.05, 0) is 45.7 Å². The van der Waals surface area contributed by atoms with Crippen molar-refractivity contribution in [2.24, 2.45) is 0 Å². The molecule has 1 N–H and O–H groups in total. The second-order valence-electron chi connectivity index (χ2n) is 4.74. The Bertz CT molecular complexity index is 280. The Labute approximate surface area is 98.6 Å². The van der Waals surface area contributed by atoms with Crippen LogP contribution in [-0.4, -0.2) is 40.8 Å². The molecule has 0 amide bonds. The van der Waals surface area contributed by atoms with Gasteiger partial charge in [-0.15, -0.1) is 0 Å². The highest BCUT2D eigenvalue weighted by molar-refractivity contribution is 5.78. The molecule has 17 heavy (non-hydrogen) atoms. The van der Waals surface area contributed by atoms with Crippen molar-refractivity contribution < 1.29 is 23.1 Å². The van der Waals surface area contributed by atoms with Crippen LogP contribution in [0.5, 0.6) is 0 Å². The number of aliphatic carboxylic acids is 1. The van der Waals surface area contributed by atoms with Crippen LogP contribution in [0.4, 0.5) is 13.2 Å².